The highest BCUT2D eigenvalue weighted by Gasteiger charge is 2.42. The van der Waals surface area contributed by atoms with Gasteiger partial charge in [-0.2, -0.15) is 0 Å². The Kier molecular flexibility index (Phi) is 4.63. The molecule has 24 heavy (non-hydrogen) atoms. The van der Waals surface area contributed by atoms with Crippen LogP contribution in [0.4, 0.5) is 4.39 Å². The second-order valence-corrected chi connectivity index (χ2v) is 8.43. The van der Waals surface area contributed by atoms with Gasteiger partial charge in [0.25, 0.3) is 0 Å². The Hall–Kier alpha value is -1.51. The summed E-state index contributed by atoms with van der Waals surface area (Å²) < 4.78 is 40.0. The number of sulfonamides is 1. The maximum atomic E-state index is 13.1. The predicted molar refractivity (Wildman–Crippen MR) is 87.1 cm³/mol. The van der Waals surface area contributed by atoms with Crippen molar-refractivity contribution in [1.29, 1.82) is 0 Å². The van der Waals surface area contributed by atoms with Gasteiger partial charge in [-0.05, 0) is 55.4 Å². The van der Waals surface area contributed by atoms with Gasteiger partial charge in [0.05, 0.1) is 11.4 Å². The van der Waals surface area contributed by atoms with Crippen LogP contribution < -0.4 is 10.5 Å². The fourth-order valence-electron chi connectivity index (χ4n) is 3.34. The SMILES string of the molecule is Cc1cc(F)ccc1S(=O)(=O)NCC(=O)N1C[C@H](C2CC2)[C@@H](N)C1. The highest BCUT2D eigenvalue weighted by molar-refractivity contribution is 7.89. The van der Waals surface area contributed by atoms with Gasteiger partial charge in [-0.15, -0.1) is 0 Å². The molecule has 0 spiro atoms. The highest BCUT2D eigenvalue weighted by Crippen LogP contribution is 2.40. The van der Waals surface area contributed by atoms with Crippen LogP contribution in [0.1, 0.15) is 18.4 Å². The molecule has 3 rings (SSSR count). The topological polar surface area (TPSA) is 92.5 Å². The summed E-state index contributed by atoms with van der Waals surface area (Å²) >= 11 is 0. The summed E-state index contributed by atoms with van der Waals surface area (Å²) in [7, 11) is -3.86. The van der Waals surface area contributed by atoms with Crippen LogP contribution in [-0.2, 0) is 14.8 Å². The zero-order valence-corrected chi connectivity index (χ0v) is 14.4. The lowest BCUT2D eigenvalue weighted by Gasteiger charge is -2.17. The van der Waals surface area contributed by atoms with E-state index < -0.39 is 15.8 Å². The minimum absolute atomic E-state index is 0.0225. The average Bonchev–Trinajstić information content (AvgIpc) is 3.27. The Bertz CT molecular complexity index is 749. The number of rotatable bonds is 5. The van der Waals surface area contributed by atoms with Crippen molar-refractivity contribution >= 4 is 15.9 Å². The molecule has 1 saturated heterocycles. The van der Waals surface area contributed by atoms with Gasteiger partial charge in [0.2, 0.25) is 15.9 Å². The molecule has 1 heterocycles. The molecule has 1 aromatic rings. The van der Waals surface area contributed by atoms with Gasteiger partial charge in [0.15, 0.2) is 0 Å². The lowest BCUT2D eigenvalue weighted by molar-refractivity contribution is -0.129. The lowest BCUT2D eigenvalue weighted by Crippen LogP contribution is -2.40. The van der Waals surface area contributed by atoms with Gasteiger partial charge in [-0.25, -0.2) is 17.5 Å². The van der Waals surface area contributed by atoms with E-state index in [1.54, 1.807) is 4.90 Å². The number of halogens is 1. The first kappa shape index (κ1) is 17.3. The molecule has 3 N–H and O–H groups in total. The number of carbonyl (C=O) groups is 1. The Morgan fingerprint density at radius 3 is 2.71 bits per heavy atom. The quantitative estimate of drug-likeness (QED) is 0.809. The Balaban J connectivity index is 1.61. The number of nitrogens with one attached hydrogen (secondary N) is 1. The van der Waals surface area contributed by atoms with Crippen molar-refractivity contribution in [2.45, 2.75) is 30.7 Å². The van der Waals surface area contributed by atoms with E-state index in [-0.39, 0.29) is 23.4 Å². The molecular weight excluding hydrogens is 333 g/mol. The summed E-state index contributed by atoms with van der Waals surface area (Å²) in [6.45, 7) is 2.27. The lowest BCUT2D eigenvalue weighted by atomic mass is 9.99. The van der Waals surface area contributed by atoms with Crippen LogP contribution in [0.3, 0.4) is 0 Å². The van der Waals surface area contributed by atoms with Crippen molar-refractivity contribution in [2.24, 2.45) is 17.6 Å². The van der Waals surface area contributed by atoms with Gasteiger partial charge in [-0.3, -0.25) is 4.79 Å². The van der Waals surface area contributed by atoms with Crippen LogP contribution in [0.15, 0.2) is 23.1 Å². The van der Waals surface area contributed by atoms with Gasteiger partial charge < -0.3 is 10.6 Å². The summed E-state index contributed by atoms with van der Waals surface area (Å²) in [5.41, 5.74) is 6.39. The number of nitrogens with two attached hydrogens (primary N) is 1. The summed E-state index contributed by atoms with van der Waals surface area (Å²) in [5.74, 6) is 0.151. The van der Waals surface area contributed by atoms with Crippen LogP contribution >= 0.6 is 0 Å². The van der Waals surface area contributed by atoms with Crippen molar-refractivity contribution in [2.75, 3.05) is 19.6 Å². The van der Waals surface area contributed by atoms with Gasteiger partial charge >= 0.3 is 0 Å². The summed E-state index contributed by atoms with van der Waals surface area (Å²) in [4.78, 5) is 13.9. The van der Waals surface area contributed by atoms with Crippen LogP contribution in [0.2, 0.25) is 0 Å². The van der Waals surface area contributed by atoms with Crippen LogP contribution in [0.5, 0.6) is 0 Å². The maximum Gasteiger partial charge on any atom is 0.241 e. The van der Waals surface area contributed by atoms with E-state index in [1.165, 1.54) is 13.0 Å². The molecule has 1 saturated carbocycles. The normalized spacial score (nSPS) is 24.4. The third kappa shape index (κ3) is 3.60. The molecule has 1 amide bonds. The van der Waals surface area contributed by atoms with E-state index in [9.17, 15) is 17.6 Å². The standard InChI is InChI=1S/C16H22FN3O3S/c1-10-6-12(17)4-5-15(10)24(22,23)19-7-16(21)20-8-13(11-2-3-11)14(18)9-20/h4-6,11,13-14,19H,2-3,7-9,18H2,1H3/t13-,14+/m1/s1. The summed E-state index contributed by atoms with van der Waals surface area (Å²) in [6.07, 6.45) is 2.33. The minimum Gasteiger partial charge on any atom is -0.340 e. The first-order chi connectivity index (χ1) is 11.3. The van der Waals surface area contributed by atoms with E-state index in [0.717, 1.165) is 25.0 Å². The molecule has 0 unspecified atom stereocenters. The molecule has 1 aromatic carbocycles. The molecule has 0 aromatic heterocycles. The predicted octanol–water partition coefficient (Wildman–Crippen LogP) is 0.608. The van der Waals surface area contributed by atoms with E-state index >= 15 is 0 Å². The molecule has 6 nitrogen and oxygen atoms in total. The number of likely N-dealkylation sites (tertiary alicyclic amines) is 1. The number of amides is 1. The third-order valence-corrected chi connectivity index (χ3v) is 6.39. The number of carbonyl (C=O) groups excluding carboxylic acids is 1. The van der Waals surface area contributed by atoms with Gasteiger partial charge in [-0.1, -0.05) is 0 Å². The first-order valence-electron chi connectivity index (χ1n) is 8.07. The molecule has 2 fully saturated rings. The number of benzene rings is 1. The van der Waals surface area contributed by atoms with Crippen molar-refractivity contribution in [3.63, 3.8) is 0 Å². The van der Waals surface area contributed by atoms with Crippen molar-refractivity contribution in [1.82, 2.24) is 9.62 Å². The molecule has 0 radical (unpaired) electrons. The molecule has 1 aliphatic heterocycles. The highest BCUT2D eigenvalue weighted by atomic mass is 32.2. The molecule has 132 valence electrons. The van der Waals surface area contributed by atoms with Crippen molar-refractivity contribution in [3.05, 3.63) is 29.6 Å². The third-order valence-electron chi connectivity index (χ3n) is 4.83. The van der Waals surface area contributed by atoms with Crippen LogP contribution in [-0.4, -0.2) is 44.9 Å². The second kappa shape index (κ2) is 6.42. The Labute approximate surface area is 141 Å². The molecular formula is C16H22FN3O3S. The molecule has 2 aliphatic rings. The fraction of sp³-hybridized carbons (Fsp3) is 0.562. The maximum absolute atomic E-state index is 13.1. The van der Waals surface area contributed by atoms with Crippen molar-refractivity contribution in [3.8, 4) is 0 Å². The average molecular weight is 355 g/mol. The summed E-state index contributed by atoms with van der Waals surface area (Å²) in [6, 6.07) is 3.41. The van der Waals surface area contributed by atoms with Gasteiger partial charge in [0, 0.05) is 19.1 Å². The van der Waals surface area contributed by atoms with Gasteiger partial charge in [0.1, 0.15) is 5.82 Å². The largest absolute Gasteiger partial charge is 0.340 e. The molecule has 2 atom stereocenters. The smallest absolute Gasteiger partial charge is 0.241 e. The minimum atomic E-state index is -3.86. The van der Waals surface area contributed by atoms with Crippen LogP contribution in [0, 0.1) is 24.6 Å². The first-order valence-corrected chi connectivity index (χ1v) is 9.55. The van der Waals surface area contributed by atoms with Crippen LogP contribution in [0.25, 0.3) is 0 Å². The Morgan fingerprint density at radius 1 is 1.38 bits per heavy atom. The second-order valence-electron chi connectivity index (χ2n) is 6.70. The number of nitrogens with zero attached hydrogens (tertiary/aromatic N) is 1. The zero-order chi connectivity index (χ0) is 17.5. The van der Waals surface area contributed by atoms with E-state index in [4.69, 9.17) is 5.73 Å². The van der Waals surface area contributed by atoms with E-state index in [2.05, 4.69) is 4.72 Å². The van der Waals surface area contributed by atoms with E-state index in [1.807, 2.05) is 0 Å². The fourth-order valence-corrected chi connectivity index (χ4v) is 4.54. The van der Waals surface area contributed by atoms with Crippen molar-refractivity contribution < 1.29 is 17.6 Å². The Morgan fingerprint density at radius 2 is 2.08 bits per heavy atom. The number of hydrogen-bond acceptors (Lipinski definition) is 4. The summed E-state index contributed by atoms with van der Waals surface area (Å²) in [5, 5.41) is 0. The monoisotopic (exact) mass is 355 g/mol. The zero-order valence-electron chi connectivity index (χ0n) is 13.5. The number of hydrogen-bond donors (Lipinski definition) is 2. The molecule has 0 bridgehead atoms. The number of aryl methyl sites for hydroxylation is 1. The van der Waals surface area contributed by atoms with E-state index in [0.29, 0.717) is 30.5 Å². The molecule has 1 aliphatic carbocycles. The molecule has 8 heteroatoms.